The molecule has 1 amide bonds. The molecule has 0 unspecified atom stereocenters. The summed E-state index contributed by atoms with van der Waals surface area (Å²) < 4.78 is 0.768. The molecule has 0 spiro atoms. The second-order valence-corrected chi connectivity index (χ2v) is 6.14. The first kappa shape index (κ1) is 11.4. The lowest BCUT2D eigenvalue weighted by Crippen LogP contribution is -2.55. The smallest absolute Gasteiger partial charge is 0.272 e. The van der Waals surface area contributed by atoms with Crippen molar-refractivity contribution in [2.75, 3.05) is 5.88 Å². The molecule has 1 aliphatic carbocycles. The van der Waals surface area contributed by atoms with E-state index >= 15 is 0 Å². The van der Waals surface area contributed by atoms with Gasteiger partial charge in [-0.3, -0.25) is 4.79 Å². The molecule has 0 radical (unpaired) electrons. The molecule has 1 aromatic rings. The summed E-state index contributed by atoms with van der Waals surface area (Å²) in [6.45, 7) is 0. The Morgan fingerprint density at radius 2 is 2.47 bits per heavy atom. The van der Waals surface area contributed by atoms with E-state index in [1.54, 1.807) is 5.51 Å². The predicted octanol–water partition coefficient (Wildman–Crippen LogP) is 2.80. The molecule has 1 aliphatic rings. The van der Waals surface area contributed by atoms with Gasteiger partial charge in [-0.05, 0) is 35.2 Å². The number of nitrogens with zero attached hydrogens (tertiary/aromatic N) is 1. The van der Waals surface area contributed by atoms with Gasteiger partial charge in [0.05, 0.1) is 11.0 Å². The van der Waals surface area contributed by atoms with Gasteiger partial charge in [0, 0.05) is 5.88 Å². The zero-order valence-corrected chi connectivity index (χ0v) is 11.1. The molecule has 0 atom stereocenters. The number of thiazole rings is 1. The minimum atomic E-state index is -0.193. The van der Waals surface area contributed by atoms with E-state index in [2.05, 4.69) is 26.2 Å². The Kier molecular flexibility index (Phi) is 3.33. The van der Waals surface area contributed by atoms with Gasteiger partial charge in [0.25, 0.3) is 5.91 Å². The molecule has 1 heterocycles. The van der Waals surface area contributed by atoms with Crippen molar-refractivity contribution >= 4 is 44.8 Å². The van der Waals surface area contributed by atoms with Crippen molar-refractivity contribution in [2.24, 2.45) is 0 Å². The van der Waals surface area contributed by atoms with Crippen LogP contribution >= 0.6 is 38.9 Å². The average Bonchev–Trinajstić information content (AvgIpc) is 2.58. The quantitative estimate of drug-likeness (QED) is 0.872. The Hall–Kier alpha value is -0.130. The SMILES string of the molecule is O=C(NC1(CCl)CCC1)c1ncsc1Br. The molecule has 15 heavy (non-hydrogen) atoms. The molecule has 1 saturated carbocycles. The van der Waals surface area contributed by atoms with Gasteiger partial charge in [-0.15, -0.1) is 22.9 Å². The van der Waals surface area contributed by atoms with Gasteiger partial charge < -0.3 is 5.32 Å². The van der Waals surface area contributed by atoms with Gasteiger partial charge >= 0.3 is 0 Å². The highest BCUT2D eigenvalue weighted by atomic mass is 79.9. The zero-order valence-electron chi connectivity index (χ0n) is 7.93. The fourth-order valence-electron chi connectivity index (χ4n) is 1.58. The number of halogens is 2. The number of nitrogens with one attached hydrogen (secondary N) is 1. The van der Waals surface area contributed by atoms with Crippen molar-refractivity contribution in [1.29, 1.82) is 0 Å². The molecule has 0 saturated heterocycles. The first-order valence-corrected chi connectivity index (χ1v) is 6.85. The first-order chi connectivity index (χ1) is 7.17. The van der Waals surface area contributed by atoms with E-state index in [9.17, 15) is 4.79 Å². The van der Waals surface area contributed by atoms with Crippen molar-refractivity contribution in [3.63, 3.8) is 0 Å². The molecule has 1 fully saturated rings. The van der Waals surface area contributed by atoms with Gasteiger partial charge in [-0.25, -0.2) is 4.98 Å². The predicted molar refractivity (Wildman–Crippen MR) is 64.6 cm³/mol. The van der Waals surface area contributed by atoms with Crippen LogP contribution in [0.4, 0.5) is 0 Å². The third-order valence-electron chi connectivity index (χ3n) is 2.68. The lowest BCUT2D eigenvalue weighted by Gasteiger charge is -2.40. The lowest BCUT2D eigenvalue weighted by molar-refractivity contribution is 0.0848. The minimum absolute atomic E-state index is 0.136. The summed E-state index contributed by atoms with van der Waals surface area (Å²) in [6, 6.07) is 0. The van der Waals surface area contributed by atoms with Crippen LogP contribution < -0.4 is 5.32 Å². The third-order valence-corrected chi connectivity index (χ3v) is 4.74. The van der Waals surface area contributed by atoms with Crippen LogP contribution in [0.1, 0.15) is 29.8 Å². The Morgan fingerprint density at radius 1 is 1.73 bits per heavy atom. The van der Waals surface area contributed by atoms with E-state index in [1.807, 2.05) is 0 Å². The van der Waals surface area contributed by atoms with Crippen molar-refractivity contribution in [3.8, 4) is 0 Å². The molecule has 3 nitrogen and oxygen atoms in total. The lowest BCUT2D eigenvalue weighted by atomic mass is 9.78. The summed E-state index contributed by atoms with van der Waals surface area (Å²) in [5.41, 5.74) is 1.91. The molecule has 0 bridgehead atoms. The second-order valence-electron chi connectivity index (χ2n) is 3.70. The largest absolute Gasteiger partial charge is 0.344 e. The summed E-state index contributed by atoms with van der Waals surface area (Å²) in [6.07, 6.45) is 3.05. The van der Waals surface area contributed by atoms with Gasteiger partial charge in [-0.2, -0.15) is 0 Å². The monoisotopic (exact) mass is 308 g/mol. The van der Waals surface area contributed by atoms with E-state index in [4.69, 9.17) is 11.6 Å². The molecular weight excluding hydrogens is 300 g/mol. The van der Waals surface area contributed by atoms with E-state index in [0.29, 0.717) is 11.6 Å². The Balaban J connectivity index is 2.07. The minimum Gasteiger partial charge on any atom is -0.344 e. The van der Waals surface area contributed by atoms with Crippen LogP contribution in [-0.4, -0.2) is 22.3 Å². The fourth-order valence-corrected chi connectivity index (χ4v) is 2.95. The normalized spacial score (nSPS) is 18.3. The van der Waals surface area contributed by atoms with Crippen LogP contribution in [-0.2, 0) is 0 Å². The maximum Gasteiger partial charge on any atom is 0.272 e. The number of amides is 1. The van der Waals surface area contributed by atoms with Crippen LogP contribution in [0, 0.1) is 0 Å². The first-order valence-electron chi connectivity index (χ1n) is 4.64. The number of aromatic nitrogens is 1. The zero-order chi connectivity index (χ0) is 10.9. The standard InChI is InChI=1S/C9H10BrClN2OS/c10-7-6(12-5-15-7)8(14)13-9(4-11)2-1-3-9/h5H,1-4H2,(H,13,14). The molecule has 6 heteroatoms. The maximum atomic E-state index is 11.8. The van der Waals surface area contributed by atoms with E-state index < -0.39 is 0 Å². The molecule has 1 aromatic heterocycles. The number of hydrogen-bond acceptors (Lipinski definition) is 3. The molecule has 82 valence electrons. The Labute approximate surface area is 105 Å². The summed E-state index contributed by atoms with van der Waals surface area (Å²) in [5, 5.41) is 2.97. The molecule has 0 aromatic carbocycles. The topological polar surface area (TPSA) is 42.0 Å². The van der Waals surface area contributed by atoms with Crippen molar-refractivity contribution < 1.29 is 4.79 Å². The Morgan fingerprint density at radius 3 is 2.87 bits per heavy atom. The van der Waals surface area contributed by atoms with Gasteiger partial charge in [0.1, 0.15) is 3.79 Å². The molecule has 1 N–H and O–H groups in total. The number of hydrogen-bond donors (Lipinski definition) is 1. The van der Waals surface area contributed by atoms with Gasteiger partial charge in [-0.1, -0.05) is 0 Å². The number of carbonyl (C=O) groups is 1. The third kappa shape index (κ3) is 2.19. The maximum absolute atomic E-state index is 11.8. The van der Waals surface area contributed by atoms with Gasteiger partial charge in [0.15, 0.2) is 5.69 Å². The average molecular weight is 310 g/mol. The van der Waals surface area contributed by atoms with Crippen molar-refractivity contribution in [3.05, 3.63) is 15.0 Å². The van der Waals surface area contributed by atoms with E-state index in [1.165, 1.54) is 11.3 Å². The highest BCUT2D eigenvalue weighted by Gasteiger charge is 2.38. The van der Waals surface area contributed by atoms with Crippen molar-refractivity contribution in [2.45, 2.75) is 24.8 Å². The summed E-state index contributed by atoms with van der Waals surface area (Å²) >= 11 is 10.6. The van der Waals surface area contributed by atoms with Crippen LogP contribution in [0.2, 0.25) is 0 Å². The van der Waals surface area contributed by atoms with Crippen LogP contribution in [0.3, 0.4) is 0 Å². The number of carbonyl (C=O) groups excluding carboxylic acids is 1. The summed E-state index contributed by atoms with van der Waals surface area (Å²) in [7, 11) is 0. The highest BCUT2D eigenvalue weighted by Crippen LogP contribution is 2.33. The molecule has 0 aliphatic heterocycles. The van der Waals surface area contributed by atoms with Crippen molar-refractivity contribution in [1.82, 2.24) is 10.3 Å². The van der Waals surface area contributed by atoms with E-state index in [-0.39, 0.29) is 11.4 Å². The summed E-state index contributed by atoms with van der Waals surface area (Å²) in [4.78, 5) is 15.8. The summed E-state index contributed by atoms with van der Waals surface area (Å²) in [5.74, 6) is 0.337. The van der Waals surface area contributed by atoms with Crippen LogP contribution in [0.5, 0.6) is 0 Å². The van der Waals surface area contributed by atoms with Crippen LogP contribution in [0.25, 0.3) is 0 Å². The number of rotatable bonds is 3. The van der Waals surface area contributed by atoms with Gasteiger partial charge in [0.2, 0.25) is 0 Å². The molecular formula is C9H10BrClN2OS. The van der Waals surface area contributed by atoms with E-state index in [0.717, 1.165) is 23.0 Å². The Bertz CT molecular complexity index is 372. The molecule has 2 rings (SSSR count). The highest BCUT2D eigenvalue weighted by molar-refractivity contribution is 9.11. The fraction of sp³-hybridized carbons (Fsp3) is 0.556. The van der Waals surface area contributed by atoms with Crippen LogP contribution in [0.15, 0.2) is 9.30 Å². The number of alkyl halides is 1. The second kappa shape index (κ2) is 4.39.